The highest BCUT2D eigenvalue weighted by Crippen LogP contribution is 2.33. The van der Waals surface area contributed by atoms with Gasteiger partial charge < -0.3 is 19.8 Å². The number of benzene rings is 3. The summed E-state index contributed by atoms with van der Waals surface area (Å²) in [6.45, 7) is 5.69. The second-order valence-electron chi connectivity index (χ2n) is 10.0. The van der Waals surface area contributed by atoms with Gasteiger partial charge in [-0.2, -0.15) is 0 Å². The summed E-state index contributed by atoms with van der Waals surface area (Å²) in [6.07, 6.45) is 3.09. The van der Waals surface area contributed by atoms with E-state index in [1.54, 1.807) is 31.4 Å². The van der Waals surface area contributed by atoms with E-state index < -0.39 is 6.86 Å². The van der Waals surface area contributed by atoms with Crippen molar-refractivity contribution < 1.29 is 18.3 Å². The van der Waals surface area contributed by atoms with Crippen LogP contribution in [0.15, 0.2) is 66.9 Å². The molecule has 2 N–H and O–H groups in total. The van der Waals surface area contributed by atoms with Crippen LogP contribution >= 0.6 is 0 Å². The smallest absolute Gasteiger partial charge is 0.228 e. The third kappa shape index (κ3) is 6.41. The number of piperazine rings is 1. The van der Waals surface area contributed by atoms with Crippen LogP contribution in [0.25, 0.3) is 22.0 Å². The molecular formula is C31H36F2N4O2. The predicted octanol–water partition coefficient (Wildman–Crippen LogP) is 5.43. The van der Waals surface area contributed by atoms with E-state index in [9.17, 15) is 8.78 Å². The Kier molecular flexibility index (Phi) is 8.76. The van der Waals surface area contributed by atoms with Gasteiger partial charge in [-0.3, -0.25) is 9.80 Å². The summed E-state index contributed by atoms with van der Waals surface area (Å²) in [7, 11) is 1.60. The van der Waals surface area contributed by atoms with Gasteiger partial charge in [0.05, 0.1) is 7.11 Å². The molecule has 0 radical (unpaired) electrons. The Bertz CT molecular complexity index is 1380. The maximum absolute atomic E-state index is 14.3. The average molecular weight is 535 g/mol. The first kappa shape index (κ1) is 27.1. The molecule has 1 aliphatic rings. The van der Waals surface area contributed by atoms with E-state index in [0.29, 0.717) is 30.2 Å². The molecule has 5 rings (SSSR count). The van der Waals surface area contributed by atoms with Crippen LogP contribution < -0.4 is 15.2 Å². The van der Waals surface area contributed by atoms with Gasteiger partial charge >= 0.3 is 0 Å². The Balaban J connectivity index is 1.30. The molecule has 1 saturated heterocycles. The Morgan fingerprint density at radius 3 is 2.28 bits per heavy atom. The zero-order valence-corrected chi connectivity index (χ0v) is 22.4. The predicted molar refractivity (Wildman–Crippen MR) is 151 cm³/mol. The summed E-state index contributed by atoms with van der Waals surface area (Å²) in [5.74, 6) is 1.01. The standard InChI is InChI=1S/C31H36F2N4O2/c1-38-27-8-9-30(33)25(18-27)20-36-15-13-35(14-16-36)19-23-3-10-31-28(17-23)29(21-37(31)12-2-11-34)24-4-6-26(7-5-24)39-22-32/h3-10,17-18,21H,2,11-16,19-20,22,34H2,1H3. The lowest BCUT2D eigenvalue weighted by atomic mass is 10.0. The van der Waals surface area contributed by atoms with E-state index in [1.165, 1.54) is 22.5 Å². The van der Waals surface area contributed by atoms with Crippen molar-refractivity contribution in [2.45, 2.75) is 26.1 Å². The van der Waals surface area contributed by atoms with Gasteiger partial charge in [-0.25, -0.2) is 8.78 Å². The molecule has 0 spiro atoms. The second kappa shape index (κ2) is 12.6. The molecule has 0 saturated carbocycles. The number of alkyl halides is 1. The van der Waals surface area contributed by atoms with E-state index in [1.807, 2.05) is 12.1 Å². The molecule has 4 aromatic rings. The molecule has 2 heterocycles. The highest BCUT2D eigenvalue weighted by atomic mass is 19.1. The summed E-state index contributed by atoms with van der Waals surface area (Å²) in [4.78, 5) is 4.75. The van der Waals surface area contributed by atoms with Crippen molar-refractivity contribution in [1.29, 1.82) is 0 Å². The molecule has 0 amide bonds. The highest BCUT2D eigenvalue weighted by molar-refractivity contribution is 5.96. The largest absolute Gasteiger partial charge is 0.497 e. The summed E-state index contributed by atoms with van der Waals surface area (Å²) >= 11 is 0. The van der Waals surface area contributed by atoms with Crippen molar-refractivity contribution in [1.82, 2.24) is 14.4 Å². The number of methoxy groups -OCH3 is 1. The minimum atomic E-state index is -0.840. The molecule has 1 fully saturated rings. The van der Waals surface area contributed by atoms with Gasteiger partial charge in [-0.05, 0) is 66.6 Å². The van der Waals surface area contributed by atoms with E-state index in [-0.39, 0.29) is 5.82 Å². The molecule has 1 aliphatic heterocycles. The number of fused-ring (bicyclic) bond motifs is 1. The first-order chi connectivity index (χ1) is 19.1. The monoisotopic (exact) mass is 534 g/mol. The lowest BCUT2D eigenvalue weighted by molar-refractivity contribution is 0.121. The topological polar surface area (TPSA) is 55.9 Å². The minimum absolute atomic E-state index is 0.190. The SMILES string of the molecule is COc1ccc(F)c(CN2CCN(Cc3ccc4c(c3)c(-c3ccc(OCF)cc3)cn4CCCN)CC2)c1. The van der Waals surface area contributed by atoms with Crippen LogP contribution in [-0.4, -0.2) is 61.1 Å². The van der Waals surface area contributed by atoms with Crippen molar-refractivity contribution in [3.05, 3.63) is 83.8 Å². The number of aryl methyl sites for hydroxylation is 1. The number of hydrogen-bond acceptors (Lipinski definition) is 5. The van der Waals surface area contributed by atoms with Crippen LogP contribution in [0.1, 0.15) is 17.5 Å². The van der Waals surface area contributed by atoms with Crippen molar-refractivity contribution >= 4 is 10.9 Å². The van der Waals surface area contributed by atoms with Crippen LogP contribution in [0.3, 0.4) is 0 Å². The Hall–Kier alpha value is -3.46. The van der Waals surface area contributed by atoms with Crippen molar-refractivity contribution in [3.8, 4) is 22.6 Å². The number of halogens is 2. The number of rotatable bonds is 11. The lowest BCUT2D eigenvalue weighted by Gasteiger charge is -2.34. The molecule has 0 atom stereocenters. The molecule has 39 heavy (non-hydrogen) atoms. The second-order valence-corrected chi connectivity index (χ2v) is 10.0. The third-order valence-electron chi connectivity index (χ3n) is 7.45. The number of nitrogens with two attached hydrogens (primary N) is 1. The third-order valence-corrected chi connectivity index (χ3v) is 7.45. The number of aromatic nitrogens is 1. The fraction of sp³-hybridized carbons (Fsp3) is 0.355. The van der Waals surface area contributed by atoms with Gasteiger partial charge in [0.15, 0.2) is 0 Å². The zero-order valence-electron chi connectivity index (χ0n) is 22.4. The molecule has 206 valence electrons. The van der Waals surface area contributed by atoms with E-state index in [4.69, 9.17) is 15.2 Å². The molecule has 0 unspecified atom stereocenters. The van der Waals surface area contributed by atoms with Gasteiger partial charge in [-0.1, -0.05) is 18.2 Å². The van der Waals surface area contributed by atoms with Gasteiger partial charge in [0, 0.05) is 74.0 Å². The normalized spacial score (nSPS) is 14.7. The molecule has 0 bridgehead atoms. The van der Waals surface area contributed by atoms with Crippen LogP contribution in [0.2, 0.25) is 0 Å². The fourth-order valence-corrected chi connectivity index (χ4v) is 5.32. The Morgan fingerprint density at radius 1 is 0.872 bits per heavy atom. The summed E-state index contributed by atoms with van der Waals surface area (Å²) in [6, 6.07) is 19.2. The van der Waals surface area contributed by atoms with Crippen molar-refractivity contribution in [3.63, 3.8) is 0 Å². The van der Waals surface area contributed by atoms with Crippen LogP contribution in [-0.2, 0) is 19.6 Å². The van der Waals surface area contributed by atoms with Crippen LogP contribution in [0.4, 0.5) is 8.78 Å². The Labute approximate surface area is 228 Å². The summed E-state index contributed by atoms with van der Waals surface area (Å²) < 4.78 is 39.4. The van der Waals surface area contributed by atoms with Gasteiger partial charge in [0.25, 0.3) is 0 Å². The Morgan fingerprint density at radius 2 is 1.59 bits per heavy atom. The average Bonchev–Trinajstić information content (AvgIpc) is 3.32. The van der Waals surface area contributed by atoms with Crippen LogP contribution in [0.5, 0.6) is 11.5 Å². The maximum atomic E-state index is 14.3. The molecule has 3 aromatic carbocycles. The molecule has 0 aliphatic carbocycles. The van der Waals surface area contributed by atoms with Gasteiger partial charge in [0.1, 0.15) is 17.3 Å². The quantitative estimate of drug-likeness (QED) is 0.278. The fourth-order valence-electron chi connectivity index (χ4n) is 5.32. The van der Waals surface area contributed by atoms with Crippen molar-refractivity contribution in [2.24, 2.45) is 5.73 Å². The lowest BCUT2D eigenvalue weighted by Crippen LogP contribution is -2.45. The van der Waals surface area contributed by atoms with E-state index in [0.717, 1.165) is 56.8 Å². The maximum Gasteiger partial charge on any atom is 0.228 e. The zero-order chi connectivity index (χ0) is 27.2. The number of hydrogen-bond donors (Lipinski definition) is 1. The summed E-state index contributed by atoms with van der Waals surface area (Å²) in [5, 5.41) is 1.19. The van der Waals surface area contributed by atoms with E-state index in [2.05, 4.69) is 38.8 Å². The van der Waals surface area contributed by atoms with Crippen LogP contribution in [0, 0.1) is 5.82 Å². The van der Waals surface area contributed by atoms with Gasteiger partial charge in [-0.15, -0.1) is 0 Å². The molecule has 8 heteroatoms. The molecular weight excluding hydrogens is 498 g/mol. The number of nitrogens with zero attached hydrogens (tertiary/aromatic N) is 3. The van der Waals surface area contributed by atoms with Crippen molar-refractivity contribution in [2.75, 3.05) is 46.7 Å². The molecule has 1 aromatic heterocycles. The number of ether oxygens (including phenoxy) is 2. The highest BCUT2D eigenvalue weighted by Gasteiger charge is 2.19. The molecule has 6 nitrogen and oxygen atoms in total. The van der Waals surface area contributed by atoms with Gasteiger partial charge in [0.2, 0.25) is 6.86 Å². The first-order valence-electron chi connectivity index (χ1n) is 13.5. The first-order valence-corrected chi connectivity index (χ1v) is 13.5. The minimum Gasteiger partial charge on any atom is -0.497 e. The summed E-state index contributed by atoms with van der Waals surface area (Å²) in [5.41, 5.74) is 11.1. The van der Waals surface area contributed by atoms with E-state index >= 15 is 0 Å².